The molecule has 0 unspecified atom stereocenters. The van der Waals surface area contributed by atoms with Gasteiger partial charge >= 0.3 is 6.18 Å². The summed E-state index contributed by atoms with van der Waals surface area (Å²) in [6, 6.07) is 7.51. The smallest absolute Gasteiger partial charge is 0.368 e. The van der Waals surface area contributed by atoms with Crippen molar-refractivity contribution in [1.29, 1.82) is 0 Å². The number of carbonyl (C=O) groups excluding carboxylic acids is 1. The van der Waals surface area contributed by atoms with E-state index in [9.17, 15) is 18.0 Å². The van der Waals surface area contributed by atoms with Crippen molar-refractivity contribution < 1.29 is 18.0 Å². The number of aromatic nitrogens is 3. The van der Waals surface area contributed by atoms with Crippen LogP contribution in [0.5, 0.6) is 0 Å². The molecule has 6 nitrogen and oxygen atoms in total. The third-order valence-corrected chi connectivity index (χ3v) is 5.44. The summed E-state index contributed by atoms with van der Waals surface area (Å²) in [5, 5.41) is 7.67. The molecule has 0 saturated heterocycles. The number of benzene rings is 1. The van der Waals surface area contributed by atoms with Gasteiger partial charge in [-0.15, -0.1) is 0 Å². The summed E-state index contributed by atoms with van der Waals surface area (Å²) in [6.45, 7) is 7.65. The van der Waals surface area contributed by atoms with Crippen LogP contribution in [0.2, 0.25) is 0 Å². The van der Waals surface area contributed by atoms with E-state index in [-0.39, 0.29) is 23.6 Å². The predicted molar refractivity (Wildman–Crippen MR) is 117 cm³/mol. The van der Waals surface area contributed by atoms with E-state index in [0.717, 1.165) is 11.6 Å². The van der Waals surface area contributed by atoms with Crippen molar-refractivity contribution in [3.05, 3.63) is 59.5 Å². The molecule has 1 amide bonds. The summed E-state index contributed by atoms with van der Waals surface area (Å²) in [6.07, 6.45) is -1.12. The number of hydrogen-bond acceptors (Lipinski definition) is 4. The second-order valence-corrected chi connectivity index (χ2v) is 8.34. The Labute approximate surface area is 184 Å². The molecule has 2 aromatic heterocycles. The summed E-state index contributed by atoms with van der Waals surface area (Å²) < 4.78 is 41.2. The minimum atomic E-state index is -4.43. The zero-order valence-corrected chi connectivity index (χ0v) is 18.2. The number of fused-ring (bicyclic) bond motifs is 1. The van der Waals surface area contributed by atoms with Crippen LogP contribution in [0.3, 0.4) is 0 Å². The molecule has 1 aliphatic heterocycles. The molecule has 3 heterocycles. The van der Waals surface area contributed by atoms with Gasteiger partial charge in [0.05, 0.1) is 17.8 Å². The van der Waals surface area contributed by atoms with Crippen LogP contribution in [0.1, 0.15) is 48.4 Å². The third kappa shape index (κ3) is 3.94. The van der Waals surface area contributed by atoms with Crippen LogP contribution in [0, 0.1) is 6.92 Å². The summed E-state index contributed by atoms with van der Waals surface area (Å²) >= 11 is 0. The first kappa shape index (κ1) is 21.9. The van der Waals surface area contributed by atoms with Gasteiger partial charge in [-0.3, -0.25) is 9.48 Å². The van der Waals surface area contributed by atoms with E-state index in [4.69, 9.17) is 0 Å². The topological polar surface area (TPSA) is 63.1 Å². The van der Waals surface area contributed by atoms with Gasteiger partial charge in [0.15, 0.2) is 0 Å². The molecule has 1 atom stereocenters. The quantitative estimate of drug-likeness (QED) is 0.593. The first-order chi connectivity index (χ1) is 15.1. The summed E-state index contributed by atoms with van der Waals surface area (Å²) in [5.74, 6) is 0.383. The van der Waals surface area contributed by atoms with E-state index in [1.165, 1.54) is 24.0 Å². The second-order valence-electron chi connectivity index (χ2n) is 8.34. The highest BCUT2D eigenvalue weighted by molar-refractivity contribution is 6.10. The van der Waals surface area contributed by atoms with Crippen LogP contribution < -0.4 is 10.2 Å². The lowest BCUT2D eigenvalue weighted by Crippen LogP contribution is -2.42. The number of pyridine rings is 1. The maximum atomic E-state index is 13.5. The Morgan fingerprint density at radius 2 is 1.94 bits per heavy atom. The normalized spacial score (nSPS) is 16.4. The van der Waals surface area contributed by atoms with E-state index in [1.54, 1.807) is 17.1 Å². The zero-order chi connectivity index (χ0) is 23.2. The summed E-state index contributed by atoms with van der Waals surface area (Å²) in [5.41, 5.74) is 1.66. The molecule has 0 saturated carbocycles. The molecule has 1 N–H and O–H groups in total. The van der Waals surface area contributed by atoms with E-state index in [2.05, 4.69) is 15.4 Å². The molecule has 168 valence electrons. The first-order valence-corrected chi connectivity index (χ1v) is 10.4. The van der Waals surface area contributed by atoms with E-state index < -0.39 is 11.7 Å². The number of aryl methyl sites for hydroxylation is 1. The third-order valence-electron chi connectivity index (χ3n) is 5.44. The van der Waals surface area contributed by atoms with Gasteiger partial charge in [0.25, 0.3) is 5.91 Å². The van der Waals surface area contributed by atoms with Gasteiger partial charge in [-0.2, -0.15) is 18.3 Å². The monoisotopic (exact) mass is 443 g/mol. The van der Waals surface area contributed by atoms with Gasteiger partial charge in [0, 0.05) is 30.0 Å². The van der Waals surface area contributed by atoms with Gasteiger partial charge in [0.2, 0.25) is 0 Å². The Bertz CT molecular complexity index is 1170. The number of amides is 1. The van der Waals surface area contributed by atoms with E-state index >= 15 is 0 Å². The van der Waals surface area contributed by atoms with Crippen LogP contribution in [0.25, 0.3) is 11.1 Å². The Hall–Kier alpha value is -3.36. The van der Waals surface area contributed by atoms with Crippen molar-refractivity contribution in [3.8, 4) is 11.1 Å². The Morgan fingerprint density at radius 1 is 1.19 bits per heavy atom. The average Bonchev–Trinajstić information content (AvgIpc) is 3.15. The van der Waals surface area contributed by atoms with Crippen LogP contribution in [0.4, 0.5) is 24.7 Å². The summed E-state index contributed by atoms with van der Waals surface area (Å²) in [4.78, 5) is 19.3. The number of alkyl halides is 3. The molecule has 1 aromatic carbocycles. The lowest BCUT2D eigenvalue weighted by Gasteiger charge is -2.33. The molecule has 0 bridgehead atoms. The molecule has 0 fully saturated rings. The zero-order valence-electron chi connectivity index (χ0n) is 18.2. The molecule has 0 radical (unpaired) electrons. The average molecular weight is 443 g/mol. The van der Waals surface area contributed by atoms with E-state index in [0.29, 0.717) is 29.3 Å². The Balaban J connectivity index is 1.74. The fourth-order valence-electron chi connectivity index (χ4n) is 4.00. The van der Waals surface area contributed by atoms with Crippen LogP contribution in [-0.2, 0) is 6.18 Å². The van der Waals surface area contributed by atoms with E-state index in [1.807, 2.05) is 32.9 Å². The standard InChI is InChI=1S/C23H24F3N5O/c1-13(2)29-20-10-16(7-8-27-20)18-11-28-31-15(4)12-30(22(32)21(18)31)17-5-6-19(14(3)9-17)23(24,25)26/h5-11,13,15H,12H2,1-4H3,(H,27,29)/t15-/m0/s1. The second kappa shape index (κ2) is 7.96. The molecule has 32 heavy (non-hydrogen) atoms. The molecule has 4 rings (SSSR count). The molecule has 0 spiro atoms. The molecular formula is C23H24F3N5O. The highest BCUT2D eigenvalue weighted by Crippen LogP contribution is 2.36. The number of nitrogens with zero attached hydrogens (tertiary/aromatic N) is 4. The summed E-state index contributed by atoms with van der Waals surface area (Å²) in [7, 11) is 0. The SMILES string of the molecule is Cc1cc(N2C[C@H](C)n3ncc(-c4ccnc(NC(C)C)c4)c3C2=O)ccc1C(F)(F)F. The lowest BCUT2D eigenvalue weighted by molar-refractivity contribution is -0.138. The van der Waals surface area contributed by atoms with Gasteiger partial charge < -0.3 is 10.2 Å². The van der Waals surface area contributed by atoms with Gasteiger partial charge in [-0.1, -0.05) is 0 Å². The fourth-order valence-corrected chi connectivity index (χ4v) is 4.00. The number of carbonyl (C=O) groups is 1. The van der Waals surface area contributed by atoms with Crippen LogP contribution in [-0.4, -0.2) is 33.3 Å². The number of anilines is 2. The number of rotatable bonds is 4. The van der Waals surface area contributed by atoms with Crippen LogP contribution in [0.15, 0.2) is 42.7 Å². The maximum Gasteiger partial charge on any atom is 0.416 e. The van der Waals surface area contributed by atoms with Crippen molar-refractivity contribution in [2.45, 2.75) is 46.0 Å². The van der Waals surface area contributed by atoms with Gasteiger partial charge in [-0.05, 0) is 69.2 Å². The van der Waals surface area contributed by atoms with Crippen molar-refractivity contribution in [2.75, 3.05) is 16.8 Å². The maximum absolute atomic E-state index is 13.5. The number of hydrogen-bond donors (Lipinski definition) is 1. The minimum Gasteiger partial charge on any atom is -0.368 e. The lowest BCUT2D eigenvalue weighted by atomic mass is 10.0. The van der Waals surface area contributed by atoms with Crippen molar-refractivity contribution in [3.63, 3.8) is 0 Å². The highest BCUT2D eigenvalue weighted by Gasteiger charge is 2.36. The first-order valence-electron chi connectivity index (χ1n) is 10.4. The van der Waals surface area contributed by atoms with Gasteiger partial charge in [-0.25, -0.2) is 4.98 Å². The number of nitrogens with one attached hydrogen (secondary N) is 1. The number of halogens is 3. The molecule has 1 aliphatic rings. The predicted octanol–water partition coefficient (Wildman–Crippen LogP) is 5.31. The molecule has 9 heteroatoms. The van der Waals surface area contributed by atoms with Crippen molar-refractivity contribution >= 4 is 17.4 Å². The minimum absolute atomic E-state index is 0.0771. The van der Waals surface area contributed by atoms with Crippen LogP contribution >= 0.6 is 0 Å². The Morgan fingerprint density at radius 3 is 2.59 bits per heavy atom. The molecule has 3 aromatic rings. The van der Waals surface area contributed by atoms with Crippen molar-refractivity contribution in [2.24, 2.45) is 0 Å². The molecule has 0 aliphatic carbocycles. The highest BCUT2D eigenvalue weighted by atomic mass is 19.4. The van der Waals surface area contributed by atoms with Crippen molar-refractivity contribution in [1.82, 2.24) is 14.8 Å². The Kier molecular flexibility index (Phi) is 5.44. The van der Waals surface area contributed by atoms with Gasteiger partial charge in [0.1, 0.15) is 11.5 Å². The fraction of sp³-hybridized carbons (Fsp3) is 0.348. The largest absolute Gasteiger partial charge is 0.416 e. The molecular weight excluding hydrogens is 419 g/mol.